The molecule has 1 N–H and O–H groups in total. The minimum atomic E-state index is -0.567. The second-order valence-corrected chi connectivity index (χ2v) is 7.69. The van der Waals surface area contributed by atoms with Crippen molar-refractivity contribution >= 4 is 35.2 Å². The number of hydrogen-bond acceptors (Lipinski definition) is 3. The largest absolute Gasteiger partial charge is 0.357 e. The molecule has 1 atom stereocenters. The molecule has 2 aromatic rings. The van der Waals surface area contributed by atoms with Crippen molar-refractivity contribution in [2.24, 2.45) is 0 Å². The topological polar surface area (TPSA) is 49.4 Å². The number of benzene rings is 2. The van der Waals surface area contributed by atoms with E-state index >= 15 is 0 Å². The number of halogens is 2. The zero-order valence-corrected chi connectivity index (χ0v) is 17.5. The molecule has 7 heteroatoms. The molecule has 0 saturated heterocycles. The third kappa shape index (κ3) is 6.24. The fourth-order valence-corrected chi connectivity index (χ4v) is 3.84. The molecule has 150 valence electrons. The van der Waals surface area contributed by atoms with Gasteiger partial charge >= 0.3 is 0 Å². The summed E-state index contributed by atoms with van der Waals surface area (Å²) in [6.07, 6.45) is 0.497. The van der Waals surface area contributed by atoms with Crippen molar-refractivity contribution in [1.82, 2.24) is 10.2 Å². The Labute approximate surface area is 174 Å². The Balaban J connectivity index is 2.10. The zero-order valence-electron chi connectivity index (χ0n) is 16.0. The number of nitrogens with one attached hydrogen (secondary N) is 1. The molecule has 1 unspecified atom stereocenters. The van der Waals surface area contributed by atoms with Crippen LogP contribution in [0.25, 0.3) is 0 Å². The normalized spacial score (nSPS) is 11.7. The van der Waals surface area contributed by atoms with E-state index in [0.29, 0.717) is 29.3 Å². The van der Waals surface area contributed by atoms with Gasteiger partial charge in [0.2, 0.25) is 11.8 Å². The molecule has 2 aromatic carbocycles. The van der Waals surface area contributed by atoms with Gasteiger partial charge in [-0.1, -0.05) is 48.9 Å². The molecule has 0 aliphatic heterocycles. The smallest absolute Gasteiger partial charge is 0.242 e. The summed E-state index contributed by atoms with van der Waals surface area (Å²) in [4.78, 5) is 26.8. The van der Waals surface area contributed by atoms with Crippen LogP contribution in [0.4, 0.5) is 4.39 Å². The fraction of sp³-hybridized carbons (Fsp3) is 0.333. The highest BCUT2D eigenvalue weighted by atomic mass is 35.5. The van der Waals surface area contributed by atoms with Crippen molar-refractivity contribution in [3.8, 4) is 0 Å². The number of thioether (sulfide) groups is 1. The Bertz CT molecular complexity index is 801. The van der Waals surface area contributed by atoms with Gasteiger partial charge < -0.3 is 10.2 Å². The van der Waals surface area contributed by atoms with E-state index in [9.17, 15) is 14.0 Å². The van der Waals surface area contributed by atoms with Gasteiger partial charge in [-0.2, -0.15) is 0 Å². The minimum Gasteiger partial charge on any atom is -0.357 e. The molecule has 2 rings (SSSR count). The van der Waals surface area contributed by atoms with E-state index in [1.807, 2.05) is 19.1 Å². The van der Waals surface area contributed by atoms with Crippen molar-refractivity contribution in [2.75, 3.05) is 12.8 Å². The third-order valence-corrected chi connectivity index (χ3v) is 5.56. The van der Waals surface area contributed by atoms with Crippen molar-refractivity contribution < 1.29 is 14.0 Å². The summed E-state index contributed by atoms with van der Waals surface area (Å²) in [5.41, 5.74) is 1.45. The van der Waals surface area contributed by atoms with Gasteiger partial charge in [-0.25, -0.2) is 4.39 Å². The predicted octanol–water partition coefficient (Wildman–Crippen LogP) is 4.27. The van der Waals surface area contributed by atoms with Crippen LogP contribution in [0.2, 0.25) is 5.02 Å². The lowest BCUT2D eigenvalue weighted by molar-refractivity contribution is -0.139. The Morgan fingerprint density at radius 1 is 1.18 bits per heavy atom. The van der Waals surface area contributed by atoms with Gasteiger partial charge in [0.1, 0.15) is 11.9 Å². The highest BCUT2D eigenvalue weighted by Crippen LogP contribution is 2.19. The molecule has 28 heavy (non-hydrogen) atoms. The molecule has 0 heterocycles. The van der Waals surface area contributed by atoms with Gasteiger partial charge in [-0.3, -0.25) is 9.59 Å². The Morgan fingerprint density at radius 2 is 1.86 bits per heavy atom. The molecule has 0 aromatic heterocycles. The maximum absolute atomic E-state index is 13.8. The lowest BCUT2D eigenvalue weighted by Crippen LogP contribution is -2.48. The van der Waals surface area contributed by atoms with Crippen LogP contribution in [-0.2, 0) is 21.9 Å². The maximum atomic E-state index is 13.8. The van der Waals surface area contributed by atoms with Crippen LogP contribution in [0.1, 0.15) is 24.5 Å². The number of rotatable bonds is 9. The van der Waals surface area contributed by atoms with Crippen LogP contribution in [0.3, 0.4) is 0 Å². The summed E-state index contributed by atoms with van der Waals surface area (Å²) in [6.45, 7) is 2.18. The molecular formula is C21H24ClFN2O2S. The van der Waals surface area contributed by atoms with Crippen LogP contribution in [-0.4, -0.2) is 35.6 Å². The van der Waals surface area contributed by atoms with Crippen molar-refractivity contribution in [3.05, 3.63) is 70.5 Å². The predicted molar refractivity (Wildman–Crippen MR) is 113 cm³/mol. The number of likely N-dealkylation sites (N-methyl/N-ethyl adjacent to an activating group) is 1. The zero-order chi connectivity index (χ0) is 20.5. The Hall–Kier alpha value is -2.05. The standard InChI is InChI=1S/C21H24ClFN2O2S/c1-3-19(21(27)24-2)25(12-15-8-10-17(22)11-9-15)20(26)14-28-13-16-6-4-5-7-18(16)23/h4-11,19H,3,12-14H2,1-2H3,(H,24,27). The first-order chi connectivity index (χ1) is 13.5. The van der Waals surface area contributed by atoms with Crippen molar-refractivity contribution in [2.45, 2.75) is 31.7 Å². The van der Waals surface area contributed by atoms with Gasteiger partial charge in [0, 0.05) is 24.4 Å². The average Bonchev–Trinajstić information content (AvgIpc) is 2.70. The molecule has 4 nitrogen and oxygen atoms in total. The van der Waals surface area contributed by atoms with Crippen LogP contribution in [0.15, 0.2) is 48.5 Å². The van der Waals surface area contributed by atoms with Crippen LogP contribution in [0.5, 0.6) is 0 Å². The number of hydrogen-bond donors (Lipinski definition) is 1. The first-order valence-electron chi connectivity index (χ1n) is 9.03. The van der Waals surface area contributed by atoms with Crippen molar-refractivity contribution in [1.29, 1.82) is 0 Å². The molecule has 0 fully saturated rings. The van der Waals surface area contributed by atoms with Crippen LogP contribution >= 0.6 is 23.4 Å². The first kappa shape index (κ1) is 22.2. The van der Waals surface area contributed by atoms with E-state index in [2.05, 4.69) is 5.32 Å². The summed E-state index contributed by atoms with van der Waals surface area (Å²) in [5.74, 6) is -0.0905. The number of amides is 2. The fourth-order valence-electron chi connectivity index (χ4n) is 2.82. The second-order valence-electron chi connectivity index (χ2n) is 6.27. The third-order valence-electron chi connectivity index (χ3n) is 4.34. The second kappa shape index (κ2) is 11.1. The van der Waals surface area contributed by atoms with Gasteiger partial charge in [-0.15, -0.1) is 11.8 Å². The molecule has 0 bridgehead atoms. The maximum Gasteiger partial charge on any atom is 0.242 e. The van der Waals surface area contributed by atoms with E-state index in [4.69, 9.17) is 11.6 Å². The minimum absolute atomic E-state index is 0.160. The molecule has 0 saturated carbocycles. The quantitative estimate of drug-likeness (QED) is 0.656. The summed E-state index contributed by atoms with van der Waals surface area (Å²) in [5, 5.41) is 3.24. The lowest BCUT2D eigenvalue weighted by Gasteiger charge is -2.30. The lowest BCUT2D eigenvalue weighted by atomic mass is 10.1. The van der Waals surface area contributed by atoms with Gasteiger partial charge in [0.15, 0.2) is 0 Å². The molecular weight excluding hydrogens is 399 g/mol. The summed E-state index contributed by atoms with van der Waals surface area (Å²) >= 11 is 7.27. The highest BCUT2D eigenvalue weighted by molar-refractivity contribution is 7.99. The molecule has 2 amide bonds. The highest BCUT2D eigenvalue weighted by Gasteiger charge is 2.27. The van der Waals surface area contributed by atoms with Gasteiger partial charge in [0.25, 0.3) is 0 Å². The van der Waals surface area contributed by atoms with E-state index in [0.717, 1.165) is 5.56 Å². The Morgan fingerprint density at radius 3 is 2.46 bits per heavy atom. The molecule has 0 aliphatic carbocycles. The molecule has 0 aliphatic rings. The van der Waals surface area contributed by atoms with Gasteiger partial charge in [-0.05, 0) is 35.7 Å². The summed E-state index contributed by atoms with van der Waals surface area (Å²) in [7, 11) is 1.56. The van der Waals surface area contributed by atoms with Crippen molar-refractivity contribution in [3.63, 3.8) is 0 Å². The van der Waals surface area contributed by atoms with E-state index in [1.165, 1.54) is 17.8 Å². The molecule has 0 radical (unpaired) electrons. The van der Waals surface area contributed by atoms with E-state index in [-0.39, 0.29) is 23.4 Å². The van der Waals surface area contributed by atoms with Gasteiger partial charge in [0.05, 0.1) is 5.75 Å². The molecule has 0 spiro atoms. The number of nitrogens with zero attached hydrogens (tertiary/aromatic N) is 1. The summed E-state index contributed by atoms with van der Waals surface area (Å²) in [6, 6.07) is 13.1. The average molecular weight is 423 g/mol. The van der Waals surface area contributed by atoms with E-state index in [1.54, 1.807) is 42.3 Å². The van der Waals surface area contributed by atoms with Crippen LogP contribution < -0.4 is 5.32 Å². The number of carbonyl (C=O) groups is 2. The number of carbonyl (C=O) groups excluding carboxylic acids is 2. The monoisotopic (exact) mass is 422 g/mol. The SMILES string of the molecule is CCC(C(=O)NC)N(Cc1ccc(Cl)cc1)C(=O)CSCc1ccccc1F. The first-order valence-corrected chi connectivity index (χ1v) is 10.6. The van der Waals surface area contributed by atoms with Crippen LogP contribution in [0, 0.1) is 5.82 Å². The summed E-state index contributed by atoms with van der Waals surface area (Å²) < 4.78 is 13.8. The Kier molecular flexibility index (Phi) is 8.80. The van der Waals surface area contributed by atoms with E-state index < -0.39 is 6.04 Å².